The summed E-state index contributed by atoms with van der Waals surface area (Å²) in [4.78, 5) is 9.04. The first-order chi connectivity index (χ1) is 9.19. The second-order valence-corrected chi connectivity index (χ2v) is 4.46. The average molecular weight is 253 g/mol. The Morgan fingerprint density at radius 3 is 2.53 bits per heavy atom. The van der Waals surface area contributed by atoms with Gasteiger partial charge in [0, 0.05) is 18.8 Å². The largest absolute Gasteiger partial charge is 0.382 e. The summed E-state index contributed by atoms with van der Waals surface area (Å²) in [5, 5.41) is 4.42. The van der Waals surface area contributed by atoms with Crippen molar-refractivity contribution in [3.05, 3.63) is 36.2 Å². The standard InChI is InChI=1S/C14H15N5/c1-3-10-9(8-19(2)18-10)13-14(15)17-12-7-5-4-6-11(12)16-13/h4-8H,3H2,1-2H3,(H2,15,17). The monoisotopic (exact) mass is 253 g/mol. The molecular formula is C14H15N5. The van der Waals surface area contributed by atoms with Crippen LogP contribution in [0.1, 0.15) is 12.6 Å². The SMILES string of the molecule is CCc1nn(C)cc1-c1nc2ccccc2nc1N. The van der Waals surface area contributed by atoms with Gasteiger partial charge in [-0.15, -0.1) is 0 Å². The van der Waals surface area contributed by atoms with Crippen molar-refractivity contribution >= 4 is 16.9 Å². The van der Waals surface area contributed by atoms with Crippen molar-refractivity contribution in [1.29, 1.82) is 0 Å². The smallest absolute Gasteiger partial charge is 0.150 e. The molecule has 0 aliphatic rings. The van der Waals surface area contributed by atoms with Crippen LogP contribution in [0.15, 0.2) is 30.5 Å². The summed E-state index contributed by atoms with van der Waals surface area (Å²) >= 11 is 0. The van der Waals surface area contributed by atoms with Gasteiger partial charge in [-0.1, -0.05) is 19.1 Å². The summed E-state index contributed by atoms with van der Waals surface area (Å²) in [6.45, 7) is 2.07. The molecule has 0 aliphatic carbocycles. The number of nitrogens with zero attached hydrogens (tertiary/aromatic N) is 4. The number of anilines is 1. The maximum Gasteiger partial charge on any atom is 0.150 e. The highest BCUT2D eigenvalue weighted by Gasteiger charge is 2.14. The number of fused-ring (bicyclic) bond motifs is 1. The molecule has 0 aliphatic heterocycles. The van der Waals surface area contributed by atoms with Gasteiger partial charge in [0.15, 0.2) is 5.82 Å². The molecule has 0 unspecified atom stereocenters. The molecule has 2 heterocycles. The zero-order chi connectivity index (χ0) is 13.4. The summed E-state index contributed by atoms with van der Waals surface area (Å²) < 4.78 is 1.78. The molecule has 2 N–H and O–H groups in total. The van der Waals surface area contributed by atoms with E-state index < -0.39 is 0 Å². The number of aryl methyl sites for hydroxylation is 2. The Labute approximate surface area is 111 Å². The summed E-state index contributed by atoms with van der Waals surface area (Å²) in [7, 11) is 1.90. The number of aromatic nitrogens is 4. The average Bonchev–Trinajstić information content (AvgIpc) is 2.79. The molecule has 0 amide bonds. The van der Waals surface area contributed by atoms with E-state index in [1.807, 2.05) is 37.5 Å². The minimum Gasteiger partial charge on any atom is -0.382 e. The van der Waals surface area contributed by atoms with Crippen LogP contribution in [0.25, 0.3) is 22.3 Å². The molecule has 0 radical (unpaired) electrons. The first-order valence-electron chi connectivity index (χ1n) is 6.24. The molecule has 0 saturated carbocycles. The van der Waals surface area contributed by atoms with Gasteiger partial charge in [0.25, 0.3) is 0 Å². The van der Waals surface area contributed by atoms with Gasteiger partial charge < -0.3 is 5.73 Å². The third-order valence-electron chi connectivity index (χ3n) is 3.09. The number of benzene rings is 1. The molecule has 0 spiro atoms. The molecule has 1 aromatic carbocycles. The third kappa shape index (κ3) is 1.93. The summed E-state index contributed by atoms with van der Waals surface area (Å²) in [6.07, 6.45) is 2.78. The molecule has 0 saturated heterocycles. The van der Waals surface area contributed by atoms with Crippen molar-refractivity contribution in [2.24, 2.45) is 7.05 Å². The Bertz CT molecular complexity index is 745. The number of hydrogen-bond donors (Lipinski definition) is 1. The Hall–Kier alpha value is -2.43. The maximum atomic E-state index is 6.04. The fourth-order valence-electron chi connectivity index (χ4n) is 2.21. The third-order valence-corrected chi connectivity index (χ3v) is 3.09. The zero-order valence-corrected chi connectivity index (χ0v) is 11.0. The van der Waals surface area contributed by atoms with Gasteiger partial charge in [0.1, 0.15) is 5.69 Å². The molecule has 0 fully saturated rings. The topological polar surface area (TPSA) is 69.6 Å². The summed E-state index contributed by atoms with van der Waals surface area (Å²) in [5.41, 5.74) is 10.4. The van der Waals surface area contributed by atoms with E-state index in [4.69, 9.17) is 5.73 Å². The zero-order valence-electron chi connectivity index (χ0n) is 11.0. The minimum atomic E-state index is 0.446. The van der Waals surface area contributed by atoms with Crippen LogP contribution >= 0.6 is 0 Å². The van der Waals surface area contributed by atoms with Crippen LogP contribution in [0.5, 0.6) is 0 Å². The number of rotatable bonds is 2. The molecule has 5 heteroatoms. The Kier molecular flexibility index (Phi) is 2.67. The van der Waals surface area contributed by atoms with Crippen molar-refractivity contribution in [2.45, 2.75) is 13.3 Å². The maximum absolute atomic E-state index is 6.04. The highest BCUT2D eigenvalue weighted by atomic mass is 15.3. The Morgan fingerprint density at radius 2 is 1.84 bits per heavy atom. The van der Waals surface area contributed by atoms with Gasteiger partial charge in [-0.05, 0) is 18.6 Å². The fraction of sp³-hybridized carbons (Fsp3) is 0.214. The molecule has 3 aromatic rings. The number of nitrogen functional groups attached to an aromatic ring is 1. The van der Waals surface area contributed by atoms with Gasteiger partial charge in [-0.3, -0.25) is 4.68 Å². The van der Waals surface area contributed by atoms with E-state index in [0.717, 1.165) is 28.7 Å². The highest BCUT2D eigenvalue weighted by Crippen LogP contribution is 2.27. The molecule has 0 atom stereocenters. The van der Waals surface area contributed by atoms with Crippen LogP contribution in [0, 0.1) is 0 Å². The van der Waals surface area contributed by atoms with Crippen molar-refractivity contribution in [3.63, 3.8) is 0 Å². The van der Waals surface area contributed by atoms with E-state index in [1.165, 1.54) is 0 Å². The Balaban J connectivity index is 2.26. The van der Waals surface area contributed by atoms with E-state index in [9.17, 15) is 0 Å². The lowest BCUT2D eigenvalue weighted by molar-refractivity contribution is 0.746. The number of nitrogens with two attached hydrogens (primary N) is 1. The lowest BCUT2D eigenvalue weighted by Gasteiger charge is -2.05. The quantitative estimate of drug-likeness (QED) is 0.760. The predicted molar refractivity (Wildman–Crippen MR) is 75.5 cm³/mol. The fourth-order valence-corrected chi connectivity index (χ4v) is 2.21. The van der Waals surface area contributed by atoms with Crippen LogP contribution in [0.4, 0.5) is 5.82 Å². The van der Waals surface area contributed by atoms with Gasteiger partial charge in [-0.2, -0.15) is 5.10 Å². The second kappa shape index (κ2) is 4.35. The highest BCUT2D eigenvalue weighted by molar-refractivity contribution is 5.82. The molecule has 3 rings (SSSR count). The predicted octanol–water partition coefficient (Wildman–Crippen LogP) is 2.17. The van der Waals surface area contributed by atoms with E-state index >= 15 is 0 Å². The summed E-state index contributed by atoms with van der Waals surface area (Å²) in [5.74, 6) is 0.446. The molecule has 5 nitrogen and oxygen atoms in total. The van der Waals surface area contributed by atoms with Crippen molar-refractivity contribution in [3.8, 4) is 11.3 Å². The van der Waals surface area contributed by atoms with Gasteiger partial charge in [-0.25, -0.2) is 9.97 Å². The number of hydrogen-bond acceptors (Lipinski definition) is 4. The molecule has 96 valence electrons. The van der Waals surface area contributed by atoms with Crippen LogP contribution in [-0.2, 0) is 13.5 Å². The van der Waals surface area contributed by atoms with Crippen LogP contribution in [-0.4, -0.2) is 19.7 Å². The van der Waals surface area contributed by atoms with Crippen molar-refractivity contribution in [1.82, 2.24) is 19.7 Å². The van der Waals surface area contributed by atoms with E-state index in [2.05, 4.69) is 22.0 Å². The summed E-state index contributed by atoms with van der Waals surface area (Å²) in [6, 6.07) is 7.72. The van der Waals surface area contributed by atoms with E-state index in [-0.39, 0.29) is 0 Å². The first-order valence-corrected chi connectivity index (χ1v) is 6.24. The van der Waals surface area contributed by atoms with E-state index in [1.54, 1.807) is 4.68 Å². The number of para-hydroxylation sites is 2. The van der Waals surface area contributed by atoms with Gasteiger partial charge in [0.2, 0.25) is 0 Å². The Morgan fingerprint density at radius 1 is 1.16 bits per heavy atom. The molecule has 19 heavy (non-hydrogen) atoms. The van der Waals surface area contributed by atoms with Crippen LogP contribution in [0.2, 0.25) is 0 Å². The first kappa shape index (κ1) is 11.6. The lowest BCUT2D eigenvalue weighted by Crippen LogP contribution is -1.99. The van der Waals surface area contributed by atoms with Crippen molar-refractivity contribution in [2.75, 3.05) is 5.73 Å². The normalized spacial score (nSPS) is 11.1. The van der Waals surface area contributed by atoms with Gasteiger partial charge >= 0.3 is 0 Å². The van der Waals surface area contributed by atoms with Crippen LogP contribution in [0.3, 0.4) is 0 Å². The lowest BCUT2D eigenvalue weighted by atomic mass is 10.1. The second-order valence-electron chi connectivity index (χ2n) is 4.46. The minimum absolute atomic E-state index is 0.446. The van der Waals surface area contributed by atoms with E-state index in [0.29, 0.717) is 11.5 Å². The van der Waals surface area contributed by atoms with Crippen LogP contribution < -0.4 is 5.73 Å². The van der Waals surface area contributed by atoms with Gasteiger partial charge in [0.05, 0.1) is 16.7 Å². The molecule has 0 bridgehead atoms. The molecule has 2 aromatic heterocycles. The molecular weight excluding hydrogens is 238 g/mol. The van der Waals surface area contributed by atoms with Crippen molar-refractivity contribution < 1.29 is 0 Å².